The Kier molecular flexibility index (Phi) is 6.30. The fourth-order valence-electron chi connectivity index (χ4n) is 3.79. The van der Waals surface area contributed by atoms with Gasteiger partial charge in [0.1, 0.15) is 16.9 Å². The van der Waals surface area contributed by atoms with Crippen molar-refractivity contribution >= 4 is 45.0 Å². The number of carbonyl (C=O) groups is 1. The van der Waals surface area contributed by atoms with E-state index in [0.717, 1.165) is 14.7 Å². The number of alkyl carbamates (subject to hydrolysis) is 1. The molecule has 4 heterocycles. The van der Waals surface area contributed by atoms with E-state index in [1.165, 1.54) is 18.4 Å². The van der Waals surface area contributed by atoms with Gasteiger partial charge in [-0.05, 0) is 32.9 Å². The van der Waals surface area contributed by atoms with Gasteiger partial charge in [-0.25, -0.2) is 22.5 Å². The second-order valence-electron chi connectivity index (χ2n) is 8.85. The monoisotopic (exact) mass is 528 g/mol. The number of hydrogen-bond acceptors (Lipinski definition) is 9. The number of aliphatic imine (C=N–C) groups is 1. The first-order valence-electron chi connectivity index (χ1n) is 10.4. The molecule has 1 fully saturated rings. The van der Waals surface area contributed by atoms with Crippen molar-refractivity contribution in [1.82, 2.24) is 14.6 Å². The molecule has 1 N–H and O–H groups in total. The van der Waals surface area contributed by atoms with Crippen LogP contribution in [-0.2, 0) is 25.0 Å². The fraction of sp³-hybridized carbons (Fsp3) is 0.476. The van der Waals surface area contributed by atoms with Gasteiger partial charge in [0.25, 0.3) is 10.0 Å². The molecule has 0 spiro atoms. The number of pyridine rings is 1. The number of guanidine groups is 1. The number of carbonyl (C=O) groups excluding carboxylic acids is 1. The lowest BCUT2D eigenvalue weighted by atomic mass is 9.97. The molecule has 13 heteroatoms. The lowest BCUT2D eigenvalue weighted by Gasteiger charge is -2.38. The zero-order valence-corrected chi connectivity index (χ0v) is 21.7. The van der Waals surface area contributed by atoms with Crippen LogP contribution in [0.2, 0.25) is 5.02 Å². The number of nitrogens with one attached hydrogen (secondary N) is 1. The summed E-state index contributed by atoms with van der Waals surface area (Å²) in [6, 6.07) is 3.55. The quantitative estimate of drug-likeness (QED) is 0.646. The molecule has 1 saturated heterocycles. The first-order valence-corrected chi connectivity index (χ1v) is 13.1. The number of hydrogen-bond donors (Lipinski definition) is 1. The molecule has 2 aromatic rings. The Morgan fingerprint density at radius 2 is 2.09 bits per heavy atom. The molecule has 4 rings (SSSR count). The largest absolute Gasteiger partial charge is 0.495 e. The summed E-state index contributed by atoms with van der Waals surface area (Å²) in [5.74, 6) is 0.414. The molecule has 10 nitrogen and oxygen atoms in total. The number of methoxy groups -OCH3 is 1. The van der Waals surface area contributed by atoms with Crippen LogP contribution in [0.15, 0.2) is 29.5 Å². The minimum Gasteiger partial charge on any atom is -0.495 e. The van der Waals surface area contributed by atoms with Crippen molar-refractivity contribution in [3.63, 3.8) is 0 Å². The number of sulfonamides is 1. The zero-order chi connectivity index (χ0) is 24.9. The predicted molar refractivity (Wildman–Crippen MR) is 129 cm³/mol. The highest BCUT2D eigenvalue weighted by molar-refractivity contribution is 7.90. The molecular weight excluding hydrogens is 504 g/mol. The van der Waals surface area contributed by atoms with Gasteiger partial charge in [0, 0.05) is 30.1 Å². The molecule has 184 valence electrons. The third-order valence-electron chi connectivity index (χ3n) is 5.32. The first-order chi connectivity index (χ1) is 15.9. The topological polar surface area (TPSA) is 119 Å². The second-order valence-corrected chi connectivity index (χ2v) is 12.3. The van der Waals surface area contributed by atoms with E-state index in [4.69, 9.17) is 30.8 Å². The first kappa shape index (κ1) is 24.7. The molecular formula is C21H25ClN4O6S2. The van der Waals surface area contributed by atoms with Crippen LogP contribution in [0.4, 0.5) is 4.79 Å². The molecule has 2 aliphatic heterocycles. The number of fused-ring (bicyclic) bond motifs is 1. The minimum absolute atomic E-state index is 0.158. The maximum Gasteiger partial charge on any atom is 0.414 e. The van der Waals surface area contributed by atoms with Crippen LogP contribution in [0.5, 0.6) is 5.75 Å². The number of halogens is 1. The number of rotatable bonds is 3. The summed E-state index contributed by atoms with van der Waals surface area (Å²) < 4.78 is 43.9. The van der Waals surface area contributed by atoms with Crippen LogP contribution >= 0.6 is 22.9 Å². The molecule has 2 aliphatic rings. The summed E-state index contributed by atoms with van der Waals surface area (Å²) >= 11 is 7.94. The van der Waals surface area contributed by atoms with Crippen LogP contribution in [0, 0.1) is 0 Å². The van der Waals surface area contributed by atoms with Gasteiger partial charge in [-0.15, -0.1) is 11.3 Å². The van der Waals surface area contributed by atoms with Crippen molar-refractivity contribution in [3.05, 3.63) is 34.4 Å². The van der Waals surface area contributed by atoms with Gasteiger partial charge in [-0.2, -0.15) is 0 Å². The Bertz CT molecular complexity index is 1260. The Hall–Kier alpha value is -2.41. The molecule has 34 heavy (non-hydrogen) atoms. The Morgan fingerprint density at radius 3 is 2.76 bits per heavy atom. The highest BCUT2D eigenvalue weighted by atomic mass is 35.5. The summed E-state index contributed by atoms with van der Waals surface area (Å²) in [7, 11) is -1.19. The van der Waals surface area contributed by atoms with E-state index >= 15 is 0 Å². The number of aromatic nitrogens is 1. The number of amides is 1. The van der Waals surface area contributed by atoms with Gasteiger partial charge >= 0.3 is 6.09 Å². The lowest BCUT2D eigenvalue weighted by molar-refractivity contribution is 0.0557. The Labute approximate surface area is 206 Å². The molecule has 0 aromatic carbocycles. The normalized spacial score (nSPS) is 23.8. The van der Waals surface area contributed by atoms with E-state index in [1.54, 1.807) is 46.3 Å². The van der Waals surface area contributed by atoms with Crippen molar-refractivity contribution in [2.75, 3.05) is 20.8 Å². The number of thiophene rings is 1. The van der Waals surface area contributed by atoms with E-state index < -0.39 is 32.7 Å². The Morgan fingerprint density at radius 1 is 1.35 bits per heavy atom. The van der Waals surface area contributed by atoms with Gasteiger partial charge in [-0.3, -0.25) is 10.3 Å². The van der Waals surface area contributed by atoms with Crippen LogP contribution < -0.4 is 10.1 Å². The predicted octanol–water partition coefficient (Wildman–Crippen LogP) is 3.57. The molecule has 0 bridgehead atoms. The summed E-state index contributed by atoms with van der Waals surface area (Å²) in [6.45, 7) is 5.28. The van der Waals surface area contributed by atoms with E-state index in [-0.39, 0.29) is 19.0 Å². The summed E-state index contributed by atoms with van der Waals surface area (Å²) in [5, 5.41) is 2.82. The molecule has 0 aliphatic carbocycles. The molecule has 2 aromatic heterocycles. The summed E-state index contributed by atoms with van der Waals surface area (Å²) in [6.07, 6.45) is 2.70. The highest BCUT2D eigenvalue weighted by Gasteiger charge is 2.59. The molecule has 2 atom stereocenters. The lowest BCUT2D eigenvalue weighted by Crippen LogP contribution is -2.57. The molecule has 0 saturated carbocycles. The van der Waals surface area contributed by atoms with Crippen molar-refractivity contribution in [2.45, 2.75) is 43.8 Å². The van der Waals surface area contributed by atoms with Crippen LogP contribution in [0.1, 0.15) is 32.1 Å². The minimum atomic E-state index is -4.04. The SMILES string of the molecule is COc1cncc(-c2cc(Cl)c([C@]34CCOC3S(=O)(=O)N(C)C(NC(=O)OC(C)(C)C)=N4)s2)c1. The maximum absolute atomic E-state index is 13.4. The van der Waals surface area contributed by atoms with Gasteiger partial charge in [0.2, 0.25) is 11.4 Å². The van der Waals surface area contributed by atoms with E-state index in [2.05, 4.69) is 10.3 Å². The molecule has 0 radical (unpaired) electrons. The van der Waals surface area contributed by atoms with Crippen LogP contribution in [-0.4, -0.2) is 61.6 Å². The van der Waals surface area contributed by atoms with Gasteiger partial charge in [0.05, 0.1) is 29.8 Å². The average Bonchev–Trinajstić information content (AvgIpc) is 3.36. The molecule has 1 unspecified atom stereocenters. The third-order valence-corrected chi connectivity index (χ3v) is 9.09. The second kappa shape index (κ2) is 8.67. The smallest absolute Gasteiger partial charge is 0.414 e. The van der Waals surface area contributed by atoms with Crippen molar-refractivity contribution in [2.24, 2.45) is 4.99 Å². The molecule has 1 amide bonds. The van der Waals surface area contributed by atoms with Crippen molar-refractivity contribution in [1.29, 1.82) is 0 Å². The summed E-state index contributed by atoms with van der Waals surface area (Å²) in [5.41, 5.74) is -2.63. The number of nitrogens with zero attached hydrogens (tertiary/aromatic N) is 3. The van der Waals surface area contributed by atoms with Gasteiger partial charge < -0.3 is 14.2 Å². The van der Waals surface area contributed by atoms with Crippen LogP contribution in [0.25, 0.3) is 10.4 Å². The van der Waals surface area contributed by atoms with Gasteiger partial charge in [-0.1, -0.05) is 11.6 Å². The summed E-state index contributed by atoms with van der Waals surface area (Å²) in [4.78, 5) is 22.6. The number of ether oxygens (including phenoxy) is 3. The maximum atomic E-state index is 13.4. The van der Waals surface area contributed by atoms with E-state index in [0.29, 0.717) is 15.6 Å². The van der Waals surface area contributed by atoms with E-state index in [9.17, 15) is 13.2 Å². The third kappa shape index (κ3) is 4.35. The van der Waals surface area contributed by atoms with E-state index in [1.807, 2.05) is 6.07 Å². The zero-order valence-electron chi connectivity index (χ0n) is 19.3. The van der Waals surface area contributed by atoms with Gasteiger partial charge in [0.15, 0.2) is 0 Å². The Balaban J connectivity index is 1.81. The standard InChI is InChI=1S/C21H25ClN4O6S2/c1-20(2,3)32-19(27)24-18-25-21(6-7-31-17(21)34(28,29)26(18)4)16-14(22)9-15(33-16)12-8-13(30-5)11-23-10-12/h8-11,17H,6-7H2,1-5H3,(H,24,25,27)/t17?,21-/m1/s1. The van der Waals surface area contributed by atoms with Crippen LogP contribution in [0.3, 0.4) is 0 Å². The highest BCUT2D eigenvalue weighted by Crippen LogP contribution is 2.52. The van der Waals surface area contributed by atoms with Crippen molar-refractivity contribution in [3.8, 4) is 16.2 Å². The fourth-order valence-corrected chi connectivity index (χ4v) is 7.19. The van der Waals surface area contributed by atoms with Crippen molar-refractivity contribution < 1.29 is 27.4 Å². The average molecular weight is 529 g/mol.